The second-order valence-electron chi connectivity index (χ2n) is 7.39. The predicted octanol–water partition coefficient (Wildman–Crippen LogP) is -1.04. The Hall–Kier alpha value is 0.446. The molecule has 0 aromatic carbocycles. The molecule has 2 aliphatic carbocycles. The van der Waals surface area contributed by atoms with Crippen molar-refractivity contribution in [1.82, 2.24) is 0 Å². The van der Waals surface area contributed by atoms with Crippen molar-refractivity contribution in [2.45, 2.75) is 63.4 Å². The Morgan fingerprint density at radius 3 is 2.15 bits per heavy atom. The van der Waals surface area contributed by atoms with Crippen molar-refractivity contribution in [3.05, 3.63) is 6.42 Å². The van der Waals surface area contributed by atoms with Crippen molar-refractivity contribution in [2.75, 3.05) is 0 Å². The molecule has 2 aliphatic rings. The Morgan fingerprint density at radius 2 is 1.73 bits per heavy atom. The maximum absolute atomic E-state index is 11.9. The third kappa shape index (κ3) is 4.70. The van der Waals surface area contributed by atoms with Crippen molar-refractivity contribution in [2.24, 2.45) is 17.3 Å². The molecule has 0 radical (unpaired) electrons. The topological polar surface area (TPSA) is 138 Å². The second-order valence-corrected chi connectivity index (χ2v) is 9.08. The van der Waals surface area contributed by atoms with E-state index in [0.717, 1.165) is 0 Å². The zero-order chi connectivity index (χ0) is 19.0. The van der Waals surface area contributed by atoms with Crippen molar-refractivity contribution < 1.29 is 88.9 Å². The van der Waals surface area contributed by atoms with Crippen LogP contribution >= 0.6 is 0 Å². The molecule has 0 aromatic rings. The summed E-state index contributed by atoms with van der Waals surface area (Å²) in [4.78, 5) is 21.5. The normalized spacial score (nSPS) is 34.5. The van der Waals surface area contributed by atoms with Crippen LogP contribution in [0.4, 0.5) is 0 Å². The molecule has 8 nitrogen and oxygen atoms in total. The molecular weight excluding hydrogens is 391 g/mol. The van der Waals surface area contributed by atoms with Gasteiger partial charge >= 0.3 is 63.3 Å². The number of ether oxygens (including phenoxy) is 1. The summed E-state index contributed by atoms with van der Waals surface area (Å²) in [6.45, 7) is 3.04. The van der Waals surface area contributed by atoms with Crippen molar-refractivity contribution in [3.8, 4) is 0 Å². The molecule has 0 spiro atoms. The molecule has 2 fully saturated rings. The van der Waals surface area contributed by atoms with Crippen LogP contribution in [0.1, 0.15) is 52.4 Å². The monoisotopic (exact) mass is 416 g/mol. The van der Waals surface area contributed by atoms with Gasteiger partial charge in [0.15, 0.2) is 4.93 Å². The van der Waals surface area contributed by atoms with Crippen LogP contribution in [0.3, 0.4) is 0 Å². The first-order valence-electron chi connectivity index (χ1n) is 8.36. The van der Waals surface area contributed by atoms with Crippen LogP contribution < -0.4 is 51.4 Å². The third-order valence-electron chi connectivity index (χ3n) is 5.89. The van der Waals surface area contributed by atoms with E-state index in [-0.39, 0.29) is 77.1 Å². The summed E-state index contributed by atoms with van der Waals surface area (Å²) in [6.07, 6.45) is 2.06. The molecule has 0 heterocycles. The van der Waals surface area contributed by atoms with E-state index in [1.807, 2.05) is 6.42 Å². The van der Waals surface area contributed by atoms with E-state index >= 15 is 0 Å². The van der Waals surface area contributed by atoms with E-state index in [9.17, 15) is 32.8 Å². The van der Waals surface area contributed by atoms with Gasteiger partial charge in [-0.05, 0) is 38.5 Å². The molecule has 0 bridgehead atoms. The smallest absolute Gasteiger partial charge is 0.481 e. The van der Waals surface area contributed by atoms with E-state index in [2.05, 4.69) is 0 Å². The van der Waals surface area contributed by atoms with Gasteiger partial charge in [0.1, 0.15) is 0 Å². The SMILES string of the molecule is CC1C(C(=O)O)CC(OC2(S(=O)(=O)O)CC[CH-]CC2)CC1(C)C(=O)O.[K+]. The van der Waals surface area contributed by atoms with Crippen LogP contribution in [0, 0.1) is 23.7 Å². The number of hydrogen-bond acceptors (Lipinski definition) is 5. The molecule has 10 heteroatoms. The Labute approximate surface area is 196 Å². The molecule has 0 saturated heterocycles. The first kappa shape index (κ1) is 24.5. The fourth-order valence-electron chi connectivity index (χ4n) is 4.01. The minimum absolute atomic E-state index is 0. The van der Waals surface area contributed by atoms with E-state index in [0.29, 0.717) is 12.8 Å². The Kier molecular flexibility index (Phi) is 8.34. The predicted molar refractivity (Wildman–Crippen MR) is 87.2 cm³/mol. The first-order valence-corrected chi connectivity index (χ1v) is 9.80. The van der Waals surface area contributed by atoms with E-state index in [1.165, 1.54) is 6.92 Å². The number of rotatable bonds is 5. The van der Waals surface area contributed by atoms with Crippen molar-refractivity contribution in [1.29, 1.82) is 0 Å². The van der Waals surface area contributed by atoms with Gasteiger partial charge in [0, 0.05) is 0 Å². The number of hydrogen-bond donors (Lipinski definition) is 3. The van der Waals surface area contributed by atoms with Crippen LogP contribution in [0.5, 0.6) is 0 Å². The first-order chi connectivity index (χ1) is 11.4. The fourth-order valence-corrected chi connectivity index (χ4v) is 5.02. The molecule has 4 unspecified atom stereocenters. The number of carboxylic acids is 2. The van der Waals surface area contributed by atoms with E-state index in [4.69, 9.17) is 4.74 Å². The van der Waals surface area contributed by atoms with Gasteiger partial charge < -0.3 is 21.4 Å². The van der Waals surface area contributed by atoms with E-state index < -0.39 is 50.3 Å². The van der Waals surface area contributed by atoms with Crippen molar-refractivity contribution >= 4 is 22.1 Å². The second kappa shape index (κ2) is 8.85. The molecule has 3 N–H and O–H groups in total. The summed E-state index contributed by atoms with van der Waals surface area (Å²) in [5.74, 6) is -3.87. The van der Waals surface area contributed by atoms with Crippen molar-refractivity contribution in [3.63, 3.8) is 0 Å². The average Bonchev–Trinajstić information content (AvgIpc) is 2.50. The quantitative estimate of drug-likeness (QED) is 0.293. The average molecular weight is 417 g/mol. The minimum atomic E-state index is -4.53. The zero-order valence-electron chi connectivity index (χ0n) is 15.3. The summed E-state index contributed by atoms with van der Waals surface area (Å²) in [6, 6.07) is 0. The Morgan fingerprint density at radius 1 is 1.19 bits per heavy atom. The van der Waals surface area contributed by atoms with Crippen LogP contribution in [-0.2, 0) is 24.4 Å². The van der Waals surface area contributed by atoms with Crippen LogP contribution in [-0.4, -0.2) is 46.2 Å². The number of aliphatic carboxylic acids is 2. The molecule has 0 aromatic heterocycles. The number of carbonyl (C=O) groups is 2. The largest absolute Gasteiger partial charge is 1.00 e. The van der Waals surface area contributed by atoms with Gasteiger partial charge in [-0.2, -0.15) is 21.3 Å². The van der Waals surface area contributed by atoms with Gasteiger partial charge in [0.25, 0.3) is 10.1 Å². The van der Waals surface area contributed by atoms with Gasteiger partial charge in [0.2, 0.25) is 0 Å². The maximum atomic E-state index is 11.9. The molecule has 2 rings (SSSR count). The Balaban J connectivity index is 0.00000338. The molecule has 26 heavy (non-hydrogen) atoms. The molecule has 144 valence electrons. The van der Waals surface area contributed by atoms with Gasteiger partial charge in [-0.3, -0.25) is 14.1 Å². The summed E-state index contributed by atoms with van der Waals surface area (Å²) >= 11 is 0. The van der Waals surface area contributed by atoms with Gasteiger partial charge in [-0.25, -0.2) is 0 Å². The van der Waals surface area contributed by atoms with Gasteiger partial charge in [0.05, 0.1) is 17.4 Å². The zero-order valence-corrected chi connectivity index (χ0v) is 19.3. The summed E-state index contributed by atoms with van der Waals surface area (Å²) in [5.41, 5.74) is -1.35. The van der Waals surface area contributed by atoms with Crippen LogP contribution in [0.2, 0.25) is 0 Å². The molecule has 0 aliphatic heterocycles. The molecular formula is C16H25KO8S. The Bertz CT molecular complexity index is 643. The maximum Gasteiger partial charge on any atom is 1.00 e. The minimum Gasteiger partial charge on any atom is -0.481 e. The molecule has 2 saturated carbocycles. The summed E-state index contributed by atoms with van der Waals surface area (Å²) in [5, 5.41) is 19.0. The van der Waals surface area contributed by atoms with Crippen LogP contribution in [0.15, 0.2) is 0 Å². The standard InChI is InChI=1S/C16H25O8S.K/c1-10-12(13(17)18)8-11(9-15(10,2)14(19)20)24-16(25(21,22)23)6-4-3-5-7-16;/h3,10-12H,4-9H2,1-2H3,(H,17,18)(H,19,20)(H,21,22,23);/q-1;+1. The molecule has 4 atom stereocenters. The third-order valence-corrected chi connectivity index (χ3v) is 7.34. The fraction of sp³-hybridized carbons (Fsp3) is 0.812. The molecule has 0 amide bonds. The van der Waals surface area contributed by atoms with Gasteiger partial charge in [-0.15, -0.1) is 0 Å². The summed E-state index contributed by atoms with van der Waals surface area (Å²) in [7, 11) is -4.53. The number of carboxylic acid groups (broad SMARTS) is 2. The van der Waals surface area contributed by atoms with E-state index in [1.54, 1.807) is 6.92 Å². The van der Waals surface area contributed by atoms with Gasteiger partial charge in [-0.1, -0.05) is 6.92 Å². The van der Waals surface area contributed by atoms with Crippen LogP contribution in [0.25, 0.3) is 0 Å². The summed E-state index contributed by atoms with van der Waals surface area (Å²) < 4.78 is 39.3.